The molecule has 0 bridgehead atoms. The van der Waals surface area contributed by atoms with Crippen molar-refractivity contribution in [3.05, 3.63) is 60.0 Å². The third-order valence-corrected chi connectivity index (χ3v) is 10.0. The van der Waals surface area contributed by atoms with Crippen LogP contribution in [0.25, 0.3) is 22.0 Å². The van der Waals surface area contributed by atoms with Gasteiger partial charge in [-0.3, -0.25) is 0 Å². The van der Waals surface area contributed by atoms with Crippen molar-refractivity contribution < 1.29 is 8.82 Å². The fourth-order valence-corrected chi connectivity index (χ4v) is 3.90. The topological polar surface area (TPSA) is 25.0 Å². The summed E-state index contributed by atoms with van der Waals surface area (Å²) in [5, 5.41) is 1.36. The molecule has 0 spiro atoms. The fourth-order valence-electron chi connectivity index (χ4n) is 2.85. The van der Waals surface area contributed by atoms with Crippen LogP contribution in [-0.2, 0) is 10.8 Å². The van der Waals surface area contributed by atoms with Crippen molar-refractivity contribution in [1.29, 1.82) is 0 Å². The maximum atomic E-state index is 13.2. The molecule has 1 heterocycles. The van der Waals surface area contributed by atoms with Gasteiger partial charge in [0.25, 0.3) is 0 Å². The third-order valence-electron chi connectivity index (χ3n) is 5.51. The molecule has 0 saturated heterocycles. The number of aromatic amines is 1. The van der Waals surface area contributed by atoms with Crippen LogP contribution in [0.5, 0.6) is 0 Å². The lowest BCUT2D eigenvalue weighted by Gasteiger charge is -2.36. The maximum Gasteiger partial charge on any atom is 0.191 e. The molecule has 0 aliphatic rings. The summed E-state index contributed by atoms with van der Waals surface area (Å²) in [6.45, 7) is 12.1. The minimum absolute atomic E-state index is 0.219. The summed E-state index contributed by atoms with van der Waals surface area (Å²) in [4.78, 5) is 3.39. The average Bonchev–Trinajstić information content (AvgIpc) is 2.99. The maximum absolute atomic E-state index is 13.2. The SMILES string of the molecule is CC(C)(C)[Si](C)(C)OCCc1cccc2c(-c3[c]cc(F)cc3)c[nH]c12. The summed E-state index contributed by atoms with van der Waals surface area (Å²) < 4.78 is 19.5. The van der Waals surface area contributed by atoms with E-state index >= 15 is 0 Å². The number of para-hydroxylation sites is 1. The van der Waals surface area contributed by atoms with Gasteiger partial charge >= 0.3 is 0 Å². The minimum atomic E-state index is -1.73. The van der Waals surface area contributed by atoms with Crippen LogP contribution in [0.1, 0.15) is 26.3 Å². The number of hydrogen-bond donors (Lipinski definition) is 1. The average molecular weight is 369 g/mol. The zero-order chi connectivity index (χ0) is 18.9. The van der Waals surface area contributed by atoms with Crippen molar-refractivity contribution in [2.24, 2.45) is 0 Å². The van der Waals surface area contributed by atoms with E-state index in [9.17, 15) is 4.39 Å². The van der Waals surface area contributed by atoms with Crippen LogP contribution in [0.15, 0.2) is 42.6 Å². The van der Waals surface area contributed by atoms with Gasteiger partial charge in [0.2, 0.25) is 0 Å². The Morgan fingerprint density at radius 3 is 2.58 bits per heavy atom. The molecule has 3 aromatic rings. The molecule has 1 N–H and O–H groups in total. The van der Waals surface area contributed by atoms with Gasteiger partial charge in [0, 0.05) is 29.3 Å². The van der Waals surface area contributed by atoms with E-state index in [4.69, 9.17) is 4.43 Å². The molecule has 137 valence electrons. The van der Waals surface area contributed by atoms with Gasteiger partial charge in [0.05, 0.1) is 0 Å². The molecule has 0 fully saturated rings. The van der Waals surface area contributed by atoms with Gasteiger partial charge in [0.15, 0.2) is 8.32 Å². The molecular weight excluding hydrogens is 341 g/mol. The summed E-state index contributed by atoms with van der Waals surface area (Å²) >= 11 is 0. The highest BCUT2D eigenvalue weighted by atomic mass is 28.4. The quantitative estimate of drug-likeness (QED) is 0.522. The Labute approximate surface area is 156 Å². The zero-order valence-electron chi connectivity index (χ0n) is 16.2. The van der Waals surface area contributed by atoms with Gasteiger partial charge in [-0.2, -0.15) is 0 Å². The van der Waals surface area contributed by atoms with Crippen LogP contribution in [0.4, 0.5) is 4.39 Å². The molecule has 0 atom stereocenters. The van der Waals surface area contributed by atoms with E-state index < -0.39 is 8.32 Å². The number of H-pyrrole nitrogens is 1. The van der Waals surface area contributed by atoms with Gasteiger partial charge < -0.3 is 9.41 Å². The Morgan fingerprint density at radius 1 is 1.15 bits per heavy atom. The van der Waals surface area contributed by atoms with Gasteiger partial charge in [-0.1, -0.05) is 45.0 Å². The molecular formula is C22H27FNOSi. The van der Waals surface area contributed by atoms with Crippen molar-refractivity contribution in [3.8, 4) is 11.1 Å². The van der Waals surface area contributed by atoms with Crippen LogP contribution < -0.4 is 0 Å². The van der Waals surface area contributed by atoms with Crippen molar-refractivity contribution in [2.75, 3.05) is 6.61 Å². The first kappa shape index (κ1) is 18.9. The fraction of sp³-hybridized carbons (Fsp3) is 0.364. The van der Waals surface area contributed by atoms with E-state index in [2.05, 4.69) is 63.1 Å². The summed E-state index contributed by atoms with van der Waals surface area (Å²) in [5.74, 6) is -0.267. The van der Waals surface area contributed by atoms with E-state index in [1.165, 1.54) is 17.7 Å². The molecule has 0 amide bonds. The van der Waals surface area contributed by atoms with E-state index in [-0.39, 0.29) is 10.9 Å². The van der Waals surface area contributed by atoms with Crippen molar-refractivity contribution in [3.63, 3.8) is 0 Å². The lowest BCUT2D eigenvalue weighted by molar-refractivity contribution is 0.292. The molecule has 26 heavy (non-hydrogen) atoms. The van der Waals surface area contributed by atoms with Crippen LogP contribution >= 0.6 is 0 Å². The van der Waals surface area contributed by atoms with E-state index in [0.717, 1.165) is 35.1 Å². The molecule has 3 rings (SSSR count). The van der Waals surface area contributed by atoms with Gasteiger partial charge in [-0.25, -0.2) is 4.39 Å². The summed E-state index contributed by atoms with van der Waals surface area (Å²) in [6.07, 6.45) is 2.85. The van der Waals surface area contributed by atoms with Crippen molar-refractivity contribution >= 4 is 19.2 Å². The normalized spacial score (nSPS) is 12.7. The molecule has 1 radical (unpaired) electrons. The lowest BCUT2D eigenvalue weighted by Crippen LogP contribution is -2.41. The largest absolute Gasteiger partial charge is 0.416 e. The Morgan fingerprint density at radius 2 is 1.92 bits per heavy atom. The first-order valence-electron chi connectivity index (χ1n) is 9.09. The molecule has 2 nitrogen and oxygen atoms in total. The highest BCUT2D eigenvalue weighted by Gasteiger charge is 2.36. The standard InChI is InChI=1S/C22H27FNOSi/c1-22(2,3)26(4,5)25-14-13-17-7-6-8-19-20(15-24-21(17)19)16-9-11-18(23)12-10-16/h6-9,11-12,15,24H,13-14H2,1-5H3. The third kappa shape index (κ3) is 3.76. The van der Waals surface area contributed by atoms with Crippen LogP contribution in [0, 0.1) is 11.9 Å². The first-order valence-corrected chi connectivity index (χ1v) is 12.0. The molecule has 1 aromatic heterocycles. The molecule has 0 saturated carbocycles. The summed E-state index contributed by atoms with van der Waals surface area (Å²) in [6, 6.07) is 14.0. The van der Waals surface area contributed by atoms with E-state index in [0.29, 0.717) is 0 Å². The number of hydrogen-bond acceptors (Lipinski definition) is 1. The highest BCUT2D eigenvalue weighted by molar-refractivity contribution is 6.74. The van der Waals surface area contributed by atoms with E-state index in [1.54, 1.807) is 6.07 Å². The molecule has 2 aromatic carbocycles. The molecule has 4 heteroatoms. The van der Waals surface area contributed by atoms with Crippen molar-refractivity contribution in [1.82, 2.24) is 4.98 Å². The van der Waals surface area contributed by atoms with Gasteiger partial charge in [0.1, 0.15) is 5.82 Å². The van der Waals surface area contributed by atoms with Gasteiger partial charge in [-0.15, -0.1) is 0 Å². The minimum Gasteiger partial charge on any atom is -0.416 e. The van der Waals surface area contributed by atoms with E-state index in [1.807, 2.05) is 6.20 Å². The Kier molecular flexibility index (Phi) is 5.09. The van der Waals surface area contributed by atoms with Crippen molar-refractivity contribution in [2.45, 2.75) is 45.3 Å². The van der Waals surface area contributed by atoms with Crippen LogP contribution in [0.3, 0.4) is 0 Å². The number of rotatable bonds is 5. The second-order valence-corrected chi connectivity index (χ2v) is 13.1. The summed E-state index contributed by atoms with van der Waals surface area (Å²) in [5.41, 5.74) is 4.31. The van der Waals surface area contributed by atoms with Gasteiger partial charge in [-0.05, 0) is 53.9 Å². The number of nitrogens with one attached hydrogen (secondary N) is 1. The van der Waals surface area contributed by atoms with Crippen LogP contribution in [-0.4, -0.2) is 19.9 Å². The molecule has 0 aliphatic heterocycles. The second-order valence-electron chi connectivity index (χ2n) is 8.32. The smallest absolute Gasteiger partial charge is 0.191 e. The lowest BCUT2D eigenvalue weighted by atomic mass is 10.0. The van der Waals surface area contributed by atoms with Crippen LogP contribution in [0.2, 0.25) is 18.1 Å². The monoisotopic (exact) mass is 368 g/mol. The highest BCUT2D eigenvalue weighted by Crippen LogP contribution is 2.37. The Balaban J connectivity index is 1.82. The molecule has 0 unspecified atom stereocenters. The summed E-state index contributed by atoms with van der Waals surface area (Å²) in [7, 11) is -1.73. The number of aromatic nitrogens is 1. The number of benzene rings is 2. The second kappa shape index (κ2) is 7.01. The zero-order valence-corrected chi connectivity index (χ0v) is 17.2. The number of fused-ring (bicyclic) bond motifs is 1. The predicted octanol–water partition coefficient (Wildman–Crippen LogP) is 6.34. The first-order chi connectivity index (χ1) is 12.2. The predicted molar refractivity (Wildman–Crippen MR) is 109 cm³/mol. The number of halogens is 1. The molecule has 0 aliphatic carbocycles. The Bertz CT molecular complexity index is 891. The Hall–Kier alpha value is -1.91.